The van der Waals surface area contributed by atoms with Gasteiger partial charge in [0.05, 0.1) is 6.10 Å². The fourth-order valence-electron chi connectivity index (χ4n) is 2.42. The topological polar surface area (TPSA) is 40.5 Å². The first-order chi connectivity index (χ1) is 6.75. The van der Waals surface area contributed by atoms with Gasteiger partial charge < -0.3 is 10.0 Å². The first-order valence-corrected chi connectivity index (χ1v) is 7.00. The van der Waals surface area contributed by atoms with Crippen LogP contribution in [-0.2, 0) is 10.8 Å². The second kappa shape index (κ2) is 4.73. The van der Waals surface area contributed by atoms with Crippen LogP contribution >= 0.6 is 0 Å². The highest BCUT2D eigenvalue weighted by Crippen LogP contribution is 2.26. The molecule has 1 N–H and O–H groups in total. The van der Waals surface area contributed by atoms with Gasteiger partial charge in [-0.15, -0.1) is 0 Å². The molecule has 0 radical (unpaired) electrons. The zero-order valence-corrected chi connectivity index (χ0v) is 9.34. The third-order valence-electron chi connectivity index (χ3n) is 3.38. The van der Waals surface area contributed by atoms with Crippen LogP contribution < -0.4 is 0 Å². The molecule has 0 bridgehead atoms. The molecule has 2 rings (SSSR count). The molecule has 1 aliphatic carbocycles. The molecular formula is C10H19NO2S. The third-order valence-corrected chi connectivity index (χ3v) is 4.66. The van der Waals surface area contributed by atoms with Gasteiger partial charge in [0.1, 0.15) is 0 Å². The monoisotopic (exact) mass is 217 g/mol. The Morgan fingerprint density at radius 1 is 1.29 bits per heavy atom. The predicted molar refractivity (Wildman–Crippen MR) is 57.7 cm³/mol. The average molecular weight is 217 g/mol. The molecule has 2 unspecified atom stereocenters. The molecule has 4 heteroatoms. The van der Waals surface area contributed by atoms with Crippen molar-refractivity contribution in [2.75, 3.05) is 31.1 Å². The lowest BCUT2D eigenvalue weighted by Crippen LogP contribution is -2.41. The summed E-state index contributed by atoms with van der Waals surface area (Å²) in [5.74, 6) is 2.12. The summed E-state index contributed by atoms with van der Waals surface area (Å²) in [5, 5.41) is 9.68. The van der Waals surface area contributed by atoms with Crippen molar-refractivity contribution in [2.45, 2.75) is 25.4 Å². The molecule has 14 heavy (non-hydrogen) atoms. The van der Waals surface area contributed by atoms with E-state index in [0.29, 0.717) is 5.92 Å². The molecule has 0 aromatic rings. The Balaban J connectivity index is 1.77. The standard InChI is InChI=1S/C10H19NO2S/c12-10-3-1-2-9(10)8-11-4-6-14(13)7-5-11/h9-10,12H,1-8H2. The molecule has 2 atom stereocenters. The molecule has 2 fully saturated rings. The lowest BCUT2D eigenvalue weighted by Gasteiger charge is -2.29. The van der Waals surface area contributed by atoms with Crippen molar-refractivity contribution < 1.29 is 9.32 Å². The molecule has 1 saturated carbocycles. The molecule has 0 aromatic heterocycles. The largest absolute Gasteiger partial charge is 0.393 e. The van der Waals surface area contributed by atoms with Gasteiger partial charge in [0.15, 0.2) is 0 Å². The predicted octanol–water partition coefficient (Wildman–Crippen LogP) is 0.212. The smallest absolute Gasteiger partial charge is 0.0580 e. The van der Waals surface area contributed by atoms with Crippen LogP contribution in [0.5, 0.6) is 0 Å². The highest BCUT2D eigenvalue weighted by atomic mass is 32.2. The van der Waals surface area contributed by atoms with E-state index in [9.17, 15) is 9.32 Å². The number of aliphatic hydroxyl groups is 1. The van der Waals surface area contributed by atoms with Crippen LogP contribution in [0.2, 0.25) is 0 Å². The maximum atomic E-state index is 11.1. The van der Waals surface area contributed by atoms with Gasteiger partial charge in [-0.1, -0.05) is 6.42 Å². The first-order valence-electron chi connectivity index (χ1n) is 5.51. The van der Waals surface area contributed by atoms with E-state index in [-0.39, 0.29) is 6.10 Å². The number of hydrogen-bond acceptors (Lipinski definition) is 3. The molecule has 0 spiro atoms. The lowest BCUT2D eigenvalue weighted by molar-refractivity contribution is 0.105. The summed E-state index contributed by atoms with van der Waals surface area (Å²) in [5.41, 5.74) is 0. The molecule has 0 aromatic carbocycles. The maximum Gasteiger partial charge on any atom is 0.0580 e. The maximum absolute atomic E-state index is 11.1. The second-order valence-electron chi connectivity index (χ2n) is 4.41. The van der Waals surface area contributed by atoms with Crippen molar-refractivity contribution in [3.63, 3.8) is 0 Å². The Bertz CT molecular complexity index is 212. The summed E-state index contributed by atoms with van der Waals surface area (Å²) in [6, 6.07) is 0. The van der Waals surface area contributed by atoms with E-state index in [4.69, 9.17) is 0 Å². The van der Waals surface area contributed by atoms with E-state index < -0.39 is 10.8 Å². The first kappa shape index (κ1) is 10.6. The number of aliphatic hydroxyl groups excluding tert-OH is 1. The van der Waals surface area contributed by atoms with E-state index in [0.717, 1.165) is 37.6 Å². The van der Waals surface area contributed by atoms with E-state index >= 15 is 0 Å². The summed E-state index contributed by atoms with van der Waals surface area (Å²) in [4.78, 5) is 2.36. The van der Waals surface area contributed by atoms with Crippen LogP contribution in [0.25, 0.3) is 0 Å². The van der Waals surface area contributed by atoms with Gasteiger partial charge in [0.25, 0.3) is 0 Å². The number of rotatable bonds is 2. The number of nitrogens with zero attached hydrogens (tertiary/aromatic N) is 1. The zero-order valence-electron chi connectivity index (χ0n) is 8.52. The minimum Gasteiger partial charge on any atom is -0.393 e. The SMILES string of the molecule is O=S1CCN(CC2CCCC2O)CC1. The van der Waals surface area contributed by atoms with Crippen molar-refractivity contribution in [1.82, 2.24) is 4.90 Å². The van der Waals surface area contributed by atoms with E-state index in [2.05, 4.69) is 4.90 Å². The van der Waals surface area contributed by atoms with E-state index in [1.807, 2.05) is 0 Å². The normalized spacial score (nSPS) is 36.4. The van der Waals surface area contributed by atoms with Crippen molar-refractivity contribution in [3.05, 3.63) is 0 Å². The summed E-state index contributed by atoms with van der Waals surface area (Å²) >= 11 is 0. The van der Waals surface area contributed by atoms with Gasteiger partial charge in [0.2, 0.25) is 0 Å². The molecule has 3 nitrogen and oxygen atoms in total. The van der Waals surface area contributed by atoms with Gasteiger partial charge in [-0.25, -0.2) is 0 Å². The van der Waals surface area contributed by atoms with Crippen molar-refractivity contribution >= 4 is 10.8 Å². The summed E-state index contributed by atoms with van der Waals surface area (Å²) < 4.78 is 11.1. The Morgan fingerprint density at radius 2 is 2.00 bits per heavy atom. The zero-order chi connectivity index (χ0) is 9.97. The fraction of sp³-hybridized carbons (Fsp3) is 1.00. The Kier molecular flexibility index (Phi) is 3.57. The van der Waals surface area contributed by atoms with Gasteiger partial charge in [-0.3, -0.25) is 4.21 Å². The van der Waals surface area contributed by atoms with Crippen LogP contribution in [0.1, 0.15) is 19.3 Å². The van der Waals surface area contributed by atoms with Crippen molar-refractivity contribution in [2.24, 2.45) is 5.92 Å². The molecular weight excluding hydrogens is 198 g/mol. The summed E-state index contributed by atoms with van der Waals surface area (Å²) in [6.45, 7) is 2.92. The van der Waals surface area contributed by atoms with Crippen LogP contribution in [0.15, 0.2) is 0 Å². The molecule has 82 valence electrons. The molecule has 0 amide bonds. The van der Waals surface area contributed by atoms with Crippen LogP contribution in [0.4, 0.5) is 0 Å². The minimum atomic E-state index is -0.577. The van der Waals surface area contributed by atoms with Crippen LogP contribution in [0, 0.1) is 5.92 Å². The number of hydrogen-bond donors (Lipinski definition) is 1. The van der Waals surface area contributed by atoms with Crippen LogP contribution in [-0.4, -0.2) is 51.5 Å². The van der Waals surface area contributed by atoms with Crippen LogP contribution in [0.3, 0.4) is 0 Å². The van der Waals surface area contributed by atoms with Crippen molar-refractivity contribution in [1.29, 1.82) is 0 Å². The van der Waals surface area contributed by atoms with Gasteiger partial charge >= 0.3 is 0 Å². The highest BCUT2D eigenvalue weighted by molar-refractivity contribution is 7.85. The Morgan fingerprint density at radius 3 is 2.57 bits per heavy atom. The summed E-state index contributed by atoms with van der Waals surface area (Å²) in [7, 11) is -0.577. The summed E-state index contributed by atoms with van der Waals surface area (Å²) in [6.07, 6.45) is 3.24. The lowest BCUT2D eigenvalue weighted by atomic mass is 10.1. The van der Waals surface area contributed by atoms with E-state index in [1.54, 1.807) is 0 Å². The fourth-order valence-corrected chi connectivity index (χ4v) is 3.55. The quantitative estimate of drug-likeness (QED) is 0.719. The molecule has 1 saturated heterocycles. The Labute approximate surface area is 87.9 Å². The molecule has 2 aliphatic rings. The van der Waals surface area contributed by atoms with Gasteiger partial charge in [-0.2, -0.15) is 0 Å². The van der Waals surface area contributed by atoms with Crippen molar-refractivity contribution in [3.8, 4) is 0 Å². The second-order valence-corrected chi connectivity index (χ2v) is 6.10. The van der Waals surface area contributed by atoms with E-state index in [1.165, 1.54) is 12.8 Å². The van der Waals surface area contributed by atoms with Gasteiger partial charge in [-0.05, 0) is 18.8 Å². The minimum absolute atomic E-state index is 0.0811. The van der Waals surface area contributed by atoms with Gasteiger partial charge in [0, 0.05) is 41.9 Å². The third kappa shape index (κ3) is 2.55. The molecule has 1 aliphatic heterocycles. The Hall–Kier alpha value is 0.0700. The highest BCUT2D eigenvalue weighted by Gasteiger charge is 2.28. The molecule has 1 heterocycles. The average Bonchev–Trinajstić information content (AvgIpc) is 2.56.